The zero-order valence-corrected chi connectivity index (χ0v) is 14.9. The van der Waals surface area contributed by atoms with Crippen LogP contribution in [0.5, 0.6) is 5.75 Å². The van der Waals surface area contributed by atoms with Crippen LogP contribution < -0.4 is 10.1 Å². The number of hydrogen-bond acceptors (Lipinski definition) is 4. The van der Waals surface area contributed by atoms with E-state index in [-0.39, 0.29) is 12.6 Å². The summed E-state index contributed by atoms with van der Waals surface area (Å²) in [6, 6.07) is 7.74. The number of nitrogens with zero attached hydrogens (tertiary/aromatic N) is 3. The van der Waals surface area contributed by atoms with Gasteiger partial charge in [-0.1, -0.05) is 17.7 Å². The number of carbonyl (C=O) groups excluding carboxylic acids is 1. The van der Waals surface area contributed by atoms with Gasteiger partial charge in [0.1, 0.15) is 11.4 Å². The molecule has 2 aromatic rings. The number of amides is 1. The van der Waals surface area contributed by atoms with Crippen LogP contribution in [-0.2, 0) is 6.73 Å². The maximum Gasteiger partial charge on any atom is 0.271 e. The molecule has 0 aliphatic heterocycles. The molecule has 0 unspecified atom stereocenters. The van der Waals surface area contributed by atoms with Crippen molar-refractivity contribution in [2.24, 2.45) is 0 Å². The van der Waals surface area contributed by atoms with E-state index in [9.17, 15) is 4.79 Å². The third kappa shape index (κ3) is 5.38. The van der Waals surface area contributed by atoms with E-state index >= 15 is 0 Å². The lowest BCUT2D eigenvalue weighted by molar-refractivity contribution is 0.0945. The molecule has 0 aliphatic carbocycles. The van der Waals surface area contributed by atoms with Gasteiger partial charge in [-0.25, -0.2) is 4.68 Å². The molecule has 1 amide bonds. The van der Waals surface area contributed by atoms with Crippen LogP contribution in [0.25, 0.3) is 0 Å². The first kappa shape index (κ1) is 18.0. The lowest BCUT2D eigenvalue weighted by Crippen LogP contribution is -2.27. The van der Waals surface area contributed by atoms with Gasteiger partial charge in [0.15, 0.2) is 6.73 Å². The Bertz CT molecular complexity index is 679. The highest BCUT2D eigenvalue weighted by Crippen LogP contribution is 2.18. The Labute approximate surface area is 143 Å². The van der Waals surface area contributed by atoms with Gasteiger partial charge in [0.25, 0.3) is 5.91 Å². The second kappa shape index (κ2) is 8.49. The third-order valence-corrected chi connectivity index (χ3v) is 3.62. The third-order valence-electron chi connectivity index (χ3n) is 3.62. The molecule has 130 valence electrons. The van der Waals surface area contributed by atoms with Crippen molar-refractivity contribution in [1.29, 1.82) is 0 Å². The van der Waals surface area contributed by atoms with Gasteiger partial charge in [0.2, 0.25) is 0 Å². The van der Waals surface area contributed by atoms with Crippen molar-refractivity contribution in [2.45, 2.75) is 27.0 Å². The van der Waals surface area contributed by atoms with Crippen LogP contribution >= 0.6 is 0 Å². The number of ether oxygens (including phenoxy) is 1. The molecule has 0 radical (unpaired) electrons. The fourth-order valence-corrected chi connectivity index (χ4v) is 2.34. The van der Waals surface area contributed by atoms with Gasteiger partial charge in [0.05, 0.1) is 0 Å². The summed E-state index contributed by atoms with van der Waals surface area (Å²) in [4.78, 5) is 14.1. The highest BCUT2D eigenvalue weighted by atomic mass is 16.5. The molecule has 1 aromatic carbocycles. The van der Waals surface area contributed by atoms with Gasteiger partial charge < -0.3 is 15.0 Å². The number of nitrogens with one attached hydrogen (secondary N) is 1. The van der Waals surface area contributed by atoms with Gasteiger partial charge in [-0.05, 0) is 58.6 Å². The minimum Gasteiger partial charge on any atom is -0.471 e. The van der Waals surface area contributed by atoms with Crippen LogP contribution in [-0.4, -0.2) is 47.8 Å². The molecule has 1 N–H and O–H groups in total. The predicted molar refractivity (Wildman–Crippen MR) is 94.3 cm³/mol. The molecule has 1 aromatic heterocycles. The maximum absolute atomic E-state index is 12.0. The van der Waals surface area contributed by atoms with E-state index in [1.54, 1.807) is 16.9 Å². The van der Waals surface area contributed by atoms with Gasteiger partial charge in [-0.15, -0.1) is 0 Å². The number of aromatic nitrogens is 2. The van der Waals surface area contributed by atoms with Crippen molar-refractivity contribution in [3.63, 3.8) is 0 Å². The molecule has 6 heteroatoms. The standard InChI is InChI=1S/C18H26N4O2/c1-14-6-7-17(15(2)12-14)24-13-22-11-8-16(20-22)18(23)19-9-5-10-21(3)4/h6-8,11-12H,5,9-10,13H2,1-4H3,(H,19,23). The molecule has 0 atom stereocenters. The normalized spacial score (nSPS) is 10.9. The Balaban J connectivity index is 1.83. The maximum atomic E-state index is 12.0. The summed E-state index contributed by atoms with van der Waals surface area (Å²) in [6.07, 6.45) is 2.66. The highest BCUT2D eigenvalue weighted by Gasteiger charge is 2.09. The lowest BCUT2D eigenvalue weighted by atomic mass is 10.1. The molecule has 0 saturated heterocycles. The Kier molecular flexibility index (Phi) is 6.37. The summed E-state index contributed by atoms with van der Waals surface area (Å²) in [5.41, 5.74) is 2.69. The Morgan fingerprint density at radius 1 is 1.29 bits per heavy atom. The van der Waals surface area contributed by atoms with E-state index in [1.165, 1.54) is 5.56 Å². The fraction of sp³-hybridized carbons (Fsp3) is 0.444. The summed E-state index contributed by atoms with van der Waals surface area (Å²) in [6.45, 7) is 5.92. The minimum absolute atomic E-state index is 0.154. The van der Waals surface area contributed by atoms with Crippen molar-refractivity contribution in [1.82, 2.24) is 20.0 Å². The van der Waals surface area contributed by atoms with E-state index in [4.69, 9.17) is 4.74 Å². The quantitative estimate of drug-likeness (QED) is 0.754. The summed E-state index contributed by atoms with van der Waals surface area (Å²) >= 11 is 0. The Morgan fingerprint density at radius 2 is 2.08 bits per heavy atom. The van der Waals surface area contributed by atoms with Crippen molar-refractivity contribution in [3.8, 4) is 5.75 Å². The summed E-state index contributed by atoms with van der Waals surface area (Å²) in [5.74, 6) is 0.671. The van der Waals surface area contributed by atoms with Gasteiger partial charge in [-0.2, -0.15) is 5.10 Å². The first-order valence-electron chi connectivity index (χ1n) is 8.12. The average Bonchev–Trinajstić information content (AvgIpc) is 2.99. The first-order chi connectivity index (χ1) is 11.5. The van der Waals surface area contributed by atoms with Crippen LogP contribution in [0.2, 0.25) is 0 Å². The predicted octanol–water partition coefficient (Wildman–Crippen LogP) is 2.22. The molecule has 0 spiro atoms. The monoisotopic (exact) mass is 330 g/mol. The molecule has 6 nitrogen and oxygen atoms in total. The first-order valence-corrected chi connectivity index (χ1v) is 8.12. The summed E-state index contributed by atoms with van der Waals surface area (Å²) < 4.78 is 7.38. The molecule has 0 fully saturated rings. The van der Waals surface area contributed by atoms with Crippen LogP contribution in [0.3, 0.4) is 0 Å². The van der Waals surface area contributed by atoms with Crippen LogP contribution in [0.1, 0.15) is 28.0 Å². The second-order valence-corrected chi connectivity index (χ2v) is 6.20. The lowest BCUT2D eigenvalue weighted by Gasteiger charge is -2.10. The molecule has 24 heavy (non-hydrogen) atoms. The number of carbonyl (C=O) groups is 1. The van der Waals surface area contributed by atoms with E-state index in [0.29, 0.717) is 12.2 Å². The van der Waals surface area contributed by atoms with E-state index in [0.717, 1.165) is 24.3 Å². The van der Waals surface area contributed by atoms with Crippen molar-refractivity contribution in [2.75, 3.05) is 27.2 Å². The van der Waals surface area contributed by atoms with Crippen LogP contribution in [0.4, 0.5) is 0 Å². The Morgan fingerprint density at radius 3 is 2.79 bits per heavy atom. The van der Waals surface area contributed by atoms with Gasteiger partial charge in [0, 0.05) is 12.7 Å². The van der Waals surface area contributed by atoms with Crippen LogP contribution in [0, 0.1) is 13.8 Å². The zero-order chi connectivity index (χ0) is 17.5. The van der Waals surface area contributed by atoms with E-state index < -0.39 is 0 Å². The summed E-state index contributed by atoms with van der Waals surface area (Å²) in [7, 11) is 4.03. The van der Waals surface area contributed by atoms with E-state index in [2.05, 4.69) is 21.4 Å². The molecule has 0 saturated carbocycles. The van der Waals surface area contributed by atoms with Crippen molar-refractivity contribution < 1.29 is 9.53 Å². The molecule has 1 heterocycles. The number of rotatable bonds is 8. The SMILES string of the molecule is Cc1ccc(OCn2ccc(C(=O)NCCCN(C)C)n2)c(C)c1. The molecule has 0 bridgehead atoms. The minimum atomic E-state index is -0.154. The van der Waals surface area contributed by atoms with Crippen molar-refractivity contribution in [3.05, 3.63) is 47.3 Å². The largest absolute Gasteiger partial charge is 0.471 e. The molecule has 0 aliphatic rings. The van der Waals surface area contributed by atoms with Crippen LogP contribution in [0.15, 0.2) is 30.5 Å². The van der Waals surface area contributed by atoms with Crippen molar-refractivity contribution >= 4 is 5.91 Å². The smallest absolute Gasteiger partial charge is 0.271 e. The van der Waals surface area contributed by atoms with Gasteiger partial charge >= 0.3 is 0 Å². The molecule has 2 rings (SSSR count). The molecular weight excluding hydrogens is 304 g/mol. The second-order valence-electron chi connectivity index (χ2n) is 6.20. The fourth-order valence-electron chi connectivity index (χ4n) is 2.34. The molecular formula is C18H26N4O2. The number of benzene rings is 1. The zero-order valence-electron chi connectivity index (χ0n) is 14.9. The summed E-state index contributed by atoms with van der Waals surface area (Å²) in [5, 5.41) is 7.13. The highest BCUT2D eigenvalue weighted by molar-refractivity contribution is 5.92. The van der Waals surface area contributed by atoms with Gasteiger partial charge in [-0.3, -0.25) is 4.79 Å². The topological polar surface area (TPSA) is 59.4 Å². The van der Waals surface area contributed by atoms with E-state index in [1.807, 2.05) is 40.1 Å². The Hall–Kier alpha value is -2.34. The number of aryl methyl sites for hydroxylation is 2. The number of hydrogen-bond donors (Lipinski definition) is 1. The average molecular weight is 330 g/mol.